The lowest BCUT2D eigenvalue weighted by Crippen LogP contribution is -2.47. The molecule has 3 rings (SSSR count). The number of likely N-dealkylation sites (tertiary alicyclic amines) is 2. The third-order valence-corrected chi connectivity index (χ3v) is 6.04. The van der Waals surface area contributed by atoms with Gasteiger partial charge in [-0.3, -0.25) is 9.59 Å². The second-order valence-corrected chi connectivity index (χ2v) is 8.16. The molecule has 0 bridgehead atoms. The Hall–Kier alpha value is -1.06. The van der Waals surface area contributed by atoms with Gasteiger partial charge in [0.2, 0.25) is 11.8 Å². The predicted molar refractivity (Wildman–Crippen MR) is 90.8 cm³/mol. The van der Waals surface area contributed by atoms with Crippen LogP contribution in [0.5, 0.6) is 0 Å². The average Bonchev–Trinajstić information content (AvgIpc) is 3.39. The predicted octanol–water partition coefficient (Wildman–Crippen LogP) is 2.92. The van der Waals surface area contributed by atoms with E-state index in [9.17, 15) is 9.59 Å². The van der Waals surface area contributed by atoms with Crippen molar-refractivity contribution in [1.82, 2.24) is 9.80 Å². The van der Waals surface area contributed by atoms with Gasteiger partial charge in [-0.2, -0.15) is 0 Å². The van der Waals surface area contributed by atoms with E-state index >= 15 is 0 Å². The number of carbonyl (C=O) groups excluding carboxylic acids is 2. The van der Waals surface area contributed by atoms with Gasteiger partial charge in [-0.25, -0.2) is 0 Å². The Bertz CT molecular complexity index is 445. The molecule has 0 aromatic rings. The van der Waals surface area contributed by atoms with E-state index < -0.39 is 0 Å². The molecule has 1 aliphatic carbocycles. The highest BCUT2D eigenvalue weighted by molar-refractivity contribution is 5.83. The fourth-order valence-corrected chi connectivity index (χ4v) is 4.23. The van der Waals surface area contributed by atoms with E-state index in [2.05, 4.69) is 18.7 Å². The first-order valence-electron chi connectivity index (χ1n) is 9.64. The molecule has 0 aromatic heterocycles. The summed E-state index contributed by atoms with van der Waals surface area (Å²) >= 11 is 0. The van der Waals surface area contributed by atoms with Crippen molar-refractivity contribution in [2.45, 2.75) is 58.8 Å². The summed E-state index contributed by atoms with van der Waals surface area (Å²) in [5, 5.41) is 0. The molecule has 0 unspecified atom stereocenters. The smallest absolute Gasteiger partial charge is 0.227 e. The maximum Gasteiger partial charge on any atom is 0.227 e. The second kappa shape index (κ2) is 7.23. The molecule has 3 fully saturated rings. The monoisotopic (exact) mass is 320 g/mol. The summed E-state index contributed by atoms with van der Waals surface area (Å²) in [6.07, 6.45) is 7.56. The molecule has 0 N–H and O–H groups in total. The largest absolute Gasteiger partial charge is 0.342 e. The first-order chi connectivity index (χ1) is 11.1. The van der Waals surface area contributed by atoms with Gasteiger partial charge in [0.05, 0.1) is 5.92 Å². The summed E-state index contributed by atoms with van der Waals surface area (Å²) in [4.78, 5) is 29.3. The minimum atomic E-state index is 0.0436. The maximum absolute atomic E-state index is 12.9. The SMILES string of the molecule is CC(C)[C@H]1CCCN(C(=O)[C@H]2CCCN(C(=O)C3CC3)C2)CC1. The number of nitrogens with zero attached hydrogens (tertiary/aromatic N) is 2. The van der Waals surface area contributed by atoms with E-state index in [0.29, 0.717) is 24.3 Å². The minimum absolute atomic E-state index is 0.0436. The van der Waals surface area contributed by atoms with Gasteiger partial charge in [-0.05, 0) is 56.8 Å². The Balaban J connectivity index is 1.55. The van der Waals surface area contributed by atoms with Crippen molar-refractivity contribution in [2.24, 2.45) is 23.7 Å². The Labute approximate surface area is 140 Å². The normalized spacial score (nSPS) is 29.5. The zero-order valence-corrected chi connectivity index (χ0v) is 14.8. The molecule has 130 valence electrons. The molecule has 4 heteroatoms. The lowest BCUT2D eigenvalue weighted by atomic mass is 9.89. The minimum Gasteiger partial charge on any atom is -0.342 e. The van der Waals surface area contributed by atoms with Crippen molar-refractivity contribution < 1.29 is 9.59 Å². The molecule has 2 aliphatic heterocycles. The summed E-state index contributed by atoms with van der Waals surface area (Å²) in [5.41, 5.74) is 0. The molecule has 0 aromatic carbocycles. The van der Waals surface area contributed by atoms with Crippen LogP contribution < -0.4 is 0 Å². The lowest BCUT2D eigenvalue weighted by Gasteiger charge is -2.35. The van der Waals surface area contributed by atoms with E-state index in [1.807, 2.05) is 4.90 Å². The van der Waals surface area contributed by atoms with Crippen LogP contribution in [0.3, 0.4) is 0 Å². The highest BCUT2D eigenvalue weighted by Gasteiger charge is 2.37. The molecule has 2 saturated heterocycles. The summed E-state index contributed by atoms with van der Waals surface area (Å²) in [7, 11) is 0. The Kier molecular flexibility index (Phi) is 5.27. The summed E-state index contributed by atoms with van der Waals surface area (Å²) in [6, 6.07) is 0. The van der Waals surface area contributed by atoms with Crippen molar-refractivity contribution in [1.29, 1.82) is 0 Å². The molecule has 1 saturated carbocycles. The van der Waals surface area contributed by atoms with Gasteiger partial charge in [0, 0.05) is 32.1 Å². The van der Waals surface area contributed by atoms with Gasteiger partial charge >= 0.3 is 0 Å². The summed E-state index contributed by atoms with van der Waals surface area (Å²) < 4.78 is 0. The van der Waals surface area contributed by atoms with Crippen LogP contribution in [0.25, 0.3) is 0 Å². The van der Waals surface area contributed by atoms with E-state index in [1.54, 1.807) is 0 Å². The quantitative estimate of drug-likeness (QED) is 0.802. The molecule has 4 nitrogen and oxygen atoms in total. The fourth-order valence-electron chi connectivity index (χ4n) is 4.23. The number of hydrogen-bond donors (Lipinski definition) is 0. The number of carbonyl (C=O) groups is 2. The molecule has 3 aliphatic rings. The second-order valence-electron chi connectivity index (χ2n) is 8.16. The van der Waals surface area contributed by atoms with Crippen LogP contribution in [-0.2, 0) is 9.59 Å². The van der Waals surface area contributed by atoms with Crippen molar-refractivity contribution in [3.63, 3.8) is 0 Å². The fraction of sp³-hybridized carbons (Fsp3) is 0.895. The molecule has 0 radical (unpaired) electrons. The van der Waals surface area contributed by atoms with Crippen molar-refractivity contribution >= 4 is 11.8 Å². The van der Waals surface area contributed by atoms with Gasteiger partial charge in [-0.1, -0.05) is 13.8 Å². The van der Waals surface area contributed by atoms with Gasteiger partial charge in [-0.15, -0.1) is 0 Å². The van der Waals surface area contributed by atoms with E-state index in [1.165, 1.54) is 6.42 Å². The van der Waals surface area contributed by atoms with Crippen LogP contribution in [0.1, 0.15) is 58.8 Å². The van der Waals surface area contributed by atoms with Crippen LogP contribution in [-0.4, -0.2) is 47.8 Å². The lowest BCUT2D eigenvalue weighted by molar-refractivity contribution is -0.141. The molecular weight excluding hydrogens is 288 g/mol. The maximum atomic E-state index is 12.9. The van der Waals surface area contributed by atoms with Crippen LogP contribution in [0, 0.1) is 23.7 Å². The first-order valence-corrected chi connectivity index (χ1v) is 9.64. The molecule has 23 heavy (non-hydrogen) atoms. The molecule has 2 amide bonds. The Morgan fingerprint density at radius 2 is 1.43 bits per heavy atom. The van der Waals surface area contributed by atoms with Crippen LogP contribution in [0.4, 0.5) is 0 Å². The molecule has 2 heterocycles. The number of rotatable bonds is 3. The number of amides is 2. The zero-order valence-electron chi connectivity index (χ0n) is 14.8. The van der Waals surface area contributed by atoms with Gasteiger partial charge in [0.25, 0.3) is 0 Å². The standard InChI is InChI=1S/C19H32N2O2/c1-14(2)15-5-3-10-20(12-9-15)19(23)17-6-4-11-21(13-17)18(22)16-7-8-16/h14-17H,3-13H2,1-2H3/t15-,17-/m0/s1. The molecular formula is C19H32N2O2. The molecule has 2 atom stereocenters. The third-order valence-electron chi connectivity index (χ3n) is 6.04. The summed E-state index contributed by atoms with van der Waals surface area (Å²) in [6.45, 7) is 7.94. The first kappa shape index (κ1) is 16.8. The number of piperidine rings is 1. The zero-order chi connectivity index (χ0) is 16.4. The highest BCUT2D eigenvalue weighted by atomic mass is 16.2. The van der Waals surface area contributed by atoms with Crippen LogP contribution in [0.2, 0.25) is 0 Å². The average molecular weight is 320 g/mol. The van der Waals surface area contributed by atoms with E-state index in [4.69, 9.17) is 0 Å². The highest BCUT2D eigenvalue weighted by Crippen LogP contribution is 2.33. The van der Waals surface area contributed by atoms with Gasteiger partial charge < -0.3 is 9.80 Å². The topological polar surface area (TPSA) is 40.6 Å². The van der Waals surface area contributed by atoms with Gasteiger partial charge in [0.15, 0.2) is 0 Å². The van der Waals surface area contributed by atoms with Crippen molar-refractivity contribution in [2.75, 3.05) is 26.2 Å². The van der Waals surface area contributed by atoms with Gasteiger partial charge in [0.1, 0.15) is 0 Å². The van der Waals surface area contributed by atoms with Crippen molar-refractivity contribution in [3.8, 4) is 0 Å². The van der Waals surface area contributed by atoms with E-state index in [0.717, 1.165) is 64.1 Å². The van der Waals surface area contributed by atoms with Crippen LogP contribution in [0.15, 0.2) is 0 Å². The van der Waals surface area contributed by atoms with Crippen molar-refractivity contribution in [3.05, 3.63) is 0 Å². The number of hydrogen-bond acceptors (Lipinski definition) is 2. The summed E-state index contributed by atoms with van der Waals surface area (Å²) in [5.74, 6) is 2.40. The van der Waals surface area contributed by atoms with Crippen LogP contribution >= 0.6 is 0 Å². The Morgan fingerprint density at radius 1 is 0.783 bits per heavy atom. The molecule has 0 spiro atoms. The van der Waals surface area contributed by atoms with E-state index in [-0.39, 0.29) is 11.8 Å². The Morgan fingerprint density at radius 3 is 2.13 bits per heavy atom. The third kappa shape index (κ3) is 4.07.